The van der Waals surface area contributed by atoms with Crippen LogP contribution in [0.25, 0.3) is 0 Å². The summed E-state index contributed by atoms with van der Waals surface area (Å²) in [4.78, 5) is 12.4. The molecule has 0 bridgehead atoms. The zero-order valence-corrected chi connectivity index (χ0v) is 13.5. The molecular weight excluding hydrogens is 290 g/mol. The minimum atomic E-state index is -0.738. The fourth-order valence-electron chi connectivity index (χ4n) is 2.52. The van der Waals surface area contributed by atoms with Crippen LogP contribution >= 0.6 is 0 Å². The van der Waals surface area contributed by atoms with Gasteiger partial charge in [-0.1, -0.05) is 49.4 Å². The highest BCUT2D eigenvalue weighted by molar-refractivity contribution is 5.83. The van der Waals surface area contributed by atoms with E-state index in [4.69, 9.17) is 4.74 Å². The first-order valence-electron chi connectivity index (χ1n) is 7.80. The normalized spacial score (nSPS) is 13.2. The van der Waals surface area contributed by atoms with Gasteiger partial charge in [0.15, 0.2) is 0 Å². The van der Waals surface area contributed by atoms with Crippen molar-refractivity contribution in [2.24, 2.45) is 0 Å². The molecule has 2 N–H and O–H groups in total. The molecule has 0 aliphatic rings. The van der Waals surface area contributed by atoms with Crippen molar-refractivity contribution in [2.75, 3.05) is 13.7 Å². The van der Waals surface area contributed by atoms with Crippen LogP contribution in [-0.4, -0.2) is 24.7 Å². The highest BCUT2D eigenvalue weighted by Crippen LogP contribution is 2.20. The summed E-state index contributed by atoms with van der Waals surface area (Å²) in [6, 6.07) is 16.9. The van der Waals surface area contributed by atoms with E-state index in [9.17, 15) is 9.90 Å². The van der Waals surface area contributed by atoms with Gasteiger partial charge in [-0.15, -0.1) is 0 Å². The lowest BCUT2D eigenvalue weighted by molar-refractivity contribution is -0.123. The van der Waals surface area contributed by atoms with Crippen LogP contribution < -0.4 is 10.1 Å². The van der Waals surface area contributed by atoms with Gasteiger partial charge >= 0.3 is 0 Å². The quantitative estimate of drug-likeness (QED) is 0.826. The number of ether oxygens (including phenoxy) is 1. The molecule has 0 radical (unpaired) electrons. The number of carbonyl (C=O) groups excluding carboxylic acids is 1. The first-order valence-corrected chi connectivity index (χ1v) is 7.80. The molecule has 1 amide bonds. The summed E-state index contributed by atoms with van der Waals surface area (Å²) in [7, 11) is 1.60. The standard InChI is InChI=1S/C19H23NO3/c1-3-17(14-7-5-4-6-8-14)19(22)20-13-18(21)15-9-11-16(23-2)12-10-15/h4-12,17-18,21H,3,13H2,1-2H3,(H,20,22). The van der Waals surface area contributed by atoms with Crippen molar-refractivity contribution < 1.29 is 14.6 Å². The maximum atomic E-state index is 12.4. The monoisotopic (exact) mass is 313 g/mol. The maximum absolute atomic E-state index is 12.4. The number of amides is 1. The summed E-state index contributed by atoms with van der Waals surface area (Å²) < 4.78 is 5.09. The zero-order chi connectivity index (χ0) is 16.7. The second kappa shape index (κ2) is 8.34. The van der Waals surface area contributed by atoms with E-state index in [0.29, 0.717) is 6.42 Å². The SMILES string of the molecule is CCC(C(=O)NCC(O)c1ccc(OC)cc1)c1ccccc1. The third-order valence-electron chi connectivity index (χ3n) is 3.90. The molecule has 0 aliphatic heterocycles. The van der Waals surface area contributed by atoms with E-state index in [1.807, 2.05) is 37.3 Å². The molecule has 2 rings (SSSR count). The Hall–Kier alpha value is -2.33. The van der Waals surface area contributed by atoms with E-state index >= 15 is 0 Å². The first kappa shape index (κ1) is 17.0. The second-order valence-corrected chi connectivity index (χ2v) is 5.41. The smallest absolute Gasteiger partial charge is 0.227 e. The number of aliphatic hydroxyl groups excluding tert-OH is 1. The molecule has 4 nitrogen and oxygen atoms in total. The van der Waals surface area contributed by atoms with E-state index in [0.717, 1.165) is 16.9 Å². The molecule has 2 aromatic carbocycles. The van der Waals surface area contributed by atoms with Crippen LogP contribution in [0.2, 0.25) is 0 Å². The number of methoxy groups -OCH3 is 1. The fourth-order valence-corrected chi connectivity index (χ4v) is 2.52. The molecule has 2 aromatic rings. The van der Waals surface area contributed by atoms with Gasteiger partial charge in [0.25, 0.3) is 0 Å². The van der Waals surface area contributed by atoms with Crippen molar-refractivity contribution in [1.82, 2.24) is 5.32 Å². The molecule has 4 heteroatoms. The van der Waals surface area contributed by atoms with Crippen LogP contribution in [0.4, 0.5) is 0 Å². The van der Waals surface area contributed by atoms with E-state index < -0.39 is 6.10 Å². The van der Waals surface area contributed by atoms with Crippen molar-refractivity contribution in [3.8, 4) is 5.75 Å². The van der Waals surface area contributed by atoms with Crippen molar-refractivity contribution in [2.45, 2.75) is 25.4 Å². The summed E-state index contributed by atoms with van der Waals surface area (Å²) in [6.45, 7) is 2.17. The third kappa shape index (κ3) is 4.57. The van der Waals surface area contributed by atoms with Crippen LogP contribution in [0, 0.1) is 0 Å². The molecule has 122 valence electrons. The Morgan fingerprint density at radius 2 is 1.74 bits per heavy atom. The van der Waals surface area contributed by atoms with Gasteiger partial charge in [0.2, 0.25) is 5.91 Å². The van der Waals surface area contributed by atoms with Crippen molar-refractivity contribution in [3.63, 3.8) is 0 Å². The van der Waals surface area contributed by atoms with Gasteiger partial charge in [-0.25, -0.2) is 0 Å². The van der Waals surface area contributed by atoms with Crippen LogP contribution in [-0.2, 0) is 4.79 Å². The first-order chi connectivity index (χ1) is 11.2. The molecule has 2 atom stereocenters. The molecule has 0 heterocycles. The second-order valence-electron chi connectivity index (χ2n) is 5.41. The molecule has 0 saturated heterocycles. The average Bonchev–Trinajstić information content (AvgIpc) is 2.61. The lowest BCUT2D eigenvalue weighted by Crippen LogP contribution is -2.32. The van der Waals surface area contributed by atoms with Crippen molar-refractivity contribution in [3.05, 3.63) is 65.7 Å². The predicted molar refractivity (Wildman–Crippen MR) is 90.4 cm³/mol. The zero-order valence-electron chi connectivity index (χ0n) is 13.5. The Kier molecular flexibility index (Phi) is 6.18. The number of benzene rings is 2. The number of hydrogen-bond acceptors (Lipinski definition) is 3. The van der Waals surface area contributed by atoms with Gasteiger partial charge in [0, 0.05) is 6.54 Å². The van der Waals surface area contributed by atoms with Crippen LogP contribution in [0.15, 0.2) is 54.6 Å². The Bertz CT molecular complexity index is 610. The number of carbonyl (C=O) groups is 1. The summed E-state index contributed by atoms with van der Waals surface area (Å²) in [6.07, 6.45) is -0.0211. The van der Waals surface area contributed by atoms with Crippen LogP contribution in [0.1, 0.15) is 36.5 Å². The van der Waals surface area contributed by atoms with E-state index in [1.54, 1.807) is 31.4 Å². The van der Waals surface area contributed by atoms with Gasteiger partial charge in [0.1, 0.15) is 5.75 Å². The Balaban J connectivity index is 1.94. The molecular formula is C19H23NO3. The number of hydrogen-bond donors (Lipinski definition) is 2. The van der Waals surface area contributed by atoms with E-state index in [1.165, 1.54) is 0 Å². The summed E-state index contributed by atoms with van der Waals surface area (Å²) in [5.74, 6) is 0.477. The summed E-state index contributed by atoms with van der Waals surface area (Å²) in [5, 5.41) is 13.0. The summed E-state index contributed by atoms with van der Waals surface area (Å²) >= 11 is 0. The van der Waals surface area contributed by atoms with Crippen LogP contribution in [0.5, 0.6) is 5.75 Å². The number of rotatable bonds is 7. The number of nitrogens with one attached hydrogen (secondary N) is 1. The summed E-state index contributed by atoms with van der Waals surface area (Å²) in [5.41, 5.74) is 1.74. The topological polar surface area (TPSA) is 58.6 Å². The van der Waals surface area contributed by atoms with Crippen molar-refractivity contribution >= 4 is 5.91 Å². The lowest BCUT2D eigenvalue weighted by atomic mass is 9.95. The lowest BCUT2D eigenvalue weighted by Gasteiger charge is -2.18. The fraction of sp³-hybridized carbons (Fsp3) is 0.316. The average molecular weight is 313 g/mol. The Morgan fingerprint density at radius 3 is 2.30 bits per heavy atom. The Morgan fingerprint density at radius 1 is 1.09 bits per heavy atom. The van der Waals surface area contributed by atoms with E-state index in [2.05, 4.69) is 5.32 Å². The molecule has 0 spiro atoms. The molecule has 0 aliphatic carbocycles. The molecule has 23 heavy (non-hydrogen) atoms. The molecule has 0 aromatic heterocycles. The van der Waals surface area contributed by atoms with Gasteiger partial charge in [0.05, 0.1) is 19.1 Å². The van der Waals surface area contributed by atoms with Gasteiger partial charge in [-0.3, -0.25) is 4.79 Å². The van der Waals surface area contributed by atoms with E-state index in [-0.39, 0.29) is 18.4 Å². The Labute approximate surface area is 137 Å². The maximum Gasteiger partial charge on any atom is 0.227 e. The third-order valence-corrected chi connectivity index (χ3v) is 3.90. The minimum absolute atomic E-state index is 0.0636. The molecule has 0 fully saturated rings. The molecule has 0 saturated carbocycles. The van der Waals surface area contributed by atoms with Crippen molar-refractivity contribution in [1.29, 1.82) is 0 Å². The number of aliphatic hydroxyl groups is 1. The highest BCUT2D eigenvalue weighted by Gasteiger charge is 2.19. The van der Waals surface area contributed by atoms with Crippen LogP contribution in [0.3, 0.4) is 0 Å². The minimum Gasteiger partial charge on any atom is -0.497 e. The predicted octanol–water partition coefficient (Wildman–Crippen LogP) is 3.04. The molecule has 2 unspecified atom stereocenters. The van der Waals surface area contributed by atoms with Gasteiger partial charge in [-0.05, 0) is 29.7 Å². The van der Waals surface area contributed by atoms with Gasteiger partial charge in [-0.2, -0.15) is 0 Å². The highest BCUT2D eigenvalue weighted by atomic mass is 16.5. The largest absolute Gasteiger partial charge is 0.497 e. The van der Waals surface area contributed by atoms with Gasteiger partial charge < -0.3 is 15.2 Å².